The van der Waals surface area contributed by atoms with Gasteiger partial charge in [-0.15, -0.1) is 0 Å². The van der Waals surface area contributed by atoms with Crippen molar-refractivity contribution in [3.05, 3.63) is 0 Å². The summed E-state index contributed by atoms with van der Waals surface area (Å²) in [7, 11) is 5.29. The normalized spacial score (nSPS) is 13.1. The van der Waals surface area contributed by atoms with E-state index >= 15 is 0 Å². The molecule has 0 heterocycles. The maximum Gasteiger partial charge on any atom is 0.306 e. The molecule has 0 spiro atoms. The molecule has 10 nitrogen and oxygen atoms in total. The van der Waals surface area contributed by atoms with Crippen LogP contribution in [0.3, 0.4) is 0 Å². The van der Waals surface area contributed by atoms with E-state index in [0.717, 1.165) is 32.1 Å². The van der Waals surface area contributed by atoms with Gasteiger partial charge in [0.15, 0.2) is 0 Å². The first kappa shape index (κ1) is 51.1. The Morgan fingerprint density at radius 3 is 1.16 bits per heavy atom. The van der Waals surface area contributed by atoms with Crippen molar-refractivity contribution < 1.29 is 34.2 Å². The molecular weight excluding hydrogens is 562 g/mol. The summed E-state index contributed by atoms with van der Waals surface area (Å²) in [4.78, 5) is 56.9. The van der Waals surface area contributed by atoms with E-state index in [9.17, 15) is 24.0 Å². The van der Waals surface area contributed by atoms with E-state index in [1.165, 1.54) is 0 Å². The van der Waals surface area contributed by atoms with E-state index in [1.807, 2.05) is 76.2 Å². The number of ketones is 1. The zero-order valence-corrected chi connectivity index (χ0v) is 31.2. The van der Waals surface area contributed by atoms with Crippen LogP contribution in [0.1, 0.15) is 122 Å². The van der Waals surface area contributed by atoms with E-state index in [0.29, 0.717) is 12.3 Å². The van der Waals surface area contributed by atoms with Crippen LogP contribution in [-0.2, 0) is 24.0 Å². The summed E-state index contributed by atoms with van der Waals surface area (Å²) in [5.74, 6) is 0.579. The molecule has 3 amide bonds. The number of hydrogen-bond donors (Lipinski definition) is 3. The minimum Gasteiger partial charge on any atom is -0.481 e. The van der Waals surface area contributed by atoms with Crippen molar-refractivity contribution in [2.75, 3.05) is 34.3 Å². The van der Waals surface area contributed by atoms with Gasteiger partial charge in [0.1, 0.15) is 5.78 Å². The first-order valence-electron chi connectivity index (χ1n) is 16.3. The van der Waals surface area contributed by atoms with E-state index in [-0.39, 0.29) is 60.0 Å². The molecule has 0 saturated heterocycles. The number of carbonyl (C=O) groups is 5. The summed E-state index contributed by atoms with van der Waals surface area (Å²) < 4.78 is 0. The number of aliphatic carboxylic acids is 1. The number of amides is 3. The van der Waals surface area contributed by atoms with Gasteiger partial charge in [0.2, 0.25) is 17.7 Å². The molecule has 0 aromatic carbocycles. The summed E-state index contributed by atoms with van der Waals surface area (Å²) >= 11 is 0. The molecule has 3 N–H and O–H groups in total. The SMILES string of the molecule is CCC(C)C(=O)N(C)C.CCC(C)C(=O)N(C)CCO.CCC(C)C(=O)NC(C)C.CCC(C)C(=O)O.CCC(C)C(C)=O. The lowest BCUT2D eigenvalue weighted by atomic mass is 10.1. The summed E-state index contributed by atoms with van der Waals surface area (Å²) in [5.41, 5.74) is 0. The fourth-order valence-electron chi connectivity index (χ4n) is 2.50. The van der Waals surface area contributed by atoms with Gasteiger partial charge >= 0.3 is 5.97 Å². The molecular formula is C34H71N3O7. The van der Waals surface area contributed by atoms with Crippen molar-refractivity contribution in [3.8, 4) is 0 Å². The third-order valence-electron chi connectivity index (χ3n) is 7.15. The minimum absolute atomic E-state index is 0.0404. The van der Waals surface area contributed by atoms with Gasteiger partial charge in [-0.25, -0.2) is 0 Å². The van der Waals surface area contributed by atoms with Crippen LogP contribution in [0.25, 0.3) is 0 Å². The molecule has 5 unspecified atom stereocenters. The topological polar surface area (TPSA) is 144 Å². The lowest BCUT2D eigenvalue weighted by Gasteiger charge is -2.19. The van der Waals surface area contributed by atoms with Crippen molar-refractivity contribution in [1.29, 1.82) is 0 Å². The number of hydrogen-bond acceptors (Lipinski definition) is 6. The highest BCUT2D eigenvalue weighted by molar-refractivity contribution is 5.79. The van der Waals surface area contributed by atoms with Crippen LogP contribution in [-0.4, -0.2) is 89.8 Å². The molecule has 0 saturated carbocycles. The molecule has 0 radical (unpaired) electrons. The number of Topliss-reactive ketones (excluding diaryl/α,β-unsaturated/α-hetero) is 1. The van der Waals surface area contributed by atoms with Gasteiger partial charge in [-0.3, -0.25) is 24.0 Å². The van der Waals surface area contributed by atoms with Crippen LogP contribution >= 0.6 is 0 Å². The lowest BCUT2D eigenvalue weighted by molar-refractivity contribution is -0.141. The summed E-state index contributed by atoms with van der Waals surface area (Å²) in [5, 5.41) is 19.6. The second-order valence-electron chi connectivity index (χ2n) is 11.9. The van der Waals surface area contributed by atoms with E-state index in [4.69, 9.17) is 10.2 Å². The number of carboxylic acids is 1. The summed E-state index contributed by atoms with van der Waals surface area (Å²) in [6.07, 6.45) is 4.38. The zero-order chi connectivity index (χ0) is 36.2. The van der Waals surface area contributed by atoms with Crippen LogP contribution in [0.2, 0.25) is 0 Å². The number of aliphatic hydroxyl groups is 1. The number of rotatable bonds is 13. The van der Waals surface area contributed by atoms with Gasteiger partial charge in [0.05, 0.1) is 12.5 Å². The Kier molecular flexibility index (Phi) is 37.1. The second-order valence-corrected chi connectivity index (χ2v) is 11.9. The average molecular weight is 634 g/mol. The number of carbonyl (C=O) groups excluding carboxylic acids is 4. The fraction of sp³-hybridized carbons (Fsp3) is 0.853. The second kappa shape index (κ2) is 31.9. The third kappa shape index (κ3) is 32.4. The minimum atomic E-state index is -0.706. The standard InChI is InChI=1S/C8H17NO2.C8H17NO.C7H15NO.C6H12O.C5H10O2/c1-4-7(2)8(11)9(3)5-6-10;1-5-7(4)8(10)9-6(2)3;1-5-6(2)7(9)8(3)4;1-4-5(2)6(3)7;1-3-4(2)5(6)7/h7,10H,4-6H2,1-3H3;6-7H,5H2,1-4H3,(H,9,10);6H,5H2,1-4H3;5H,4H2,1-3H3;4H,3H2,1-2H3,(H,6,7). The first-order valence-corrected chi connectivity index (χ1v) is 16.3. The monoisotopic (exact) mass is 634 g/mol. The van der Waals surface area contributed by atoms with Gasteiger partial charge in [-0.2, -0.15) is 0 Å². The number of aliphatic hydroxyl groups excluding tert-OH is 1. The van der Waals surface area contributed by atoms with Gasteiger partial charge in [0.25, 0.3) is 0 Å². The highest BCUT2D eigenvalue weighted by atomic mass is 16.4. The zero-order valence-electron chi connectivity index (χ0n) is 31.2. The summed E-state index contributed by atoms with van der Waals surface area (Å²) in [6, 6.07) is 0.265. The summed E-state index contributed by atoms with van der Waals surface area (Å²) in [6.45, 7) is 25.4. The molecule has 0 bridgehead atoms. The molecule has 0 aliphatic carbocycles. The molecule has 0 fully saturated rings. The van der Waals surface area contributed by atoms with Gasteiger partial charge in [0, 0.05) is 57.4 Å². The maximum absolute atomic E-state index is 11.3. The van der Waals surface area contributed by atoms with Crippen molar-refractivity contribution in [2.24, 2.45) is 29.6 Å². The molecule has 0 aliphatic rings. The molecule has 5 atom stereocenters. The van der Waals surface area contributed by atoms with Crippen LogP contribution in [0.4, 0.5) is 0 Å². The van der Waals surface area contributed by atoms with Crippen LogP contribution in [0.5, 0.6) is 0 Å². The first-order chi connectivity index (χ1) is 20.2. The highest BCUT2D eigenvalue weighted by Crippen LogP contribution is 2.04. The number of nitrogens with zero attached hydrogens (tertiary/aromatic N) is 2. The predicted octanol–water partition coefficient (Wildman–Crippen LogP) is 5.90. The Balaban J connectivity index is -0.000000146. The van der Waals surface area contributed by atoms with Crippen LogP contribution in [0.15, 0.2) is 0 Å². The fourth-order valence-corrected chi connectivity index (χ4v) is 2.50. The maximum atomic E-state index is 11.3. The molecule has 44 heavy (non-hydrogen) atoms. The van der Waals surface area contributed by atoms with Crippen molar-refractivity contribution in [2.45, 2.75) is 128 Å². The Labute approximate surface area is 270 Å². The molecule has 0 aliphatic heterocycles. The average Bonchev–Trinajstić information content (AvgIpc) is 2.98. The predicted molar refractivity (Wildman–Crippen MR) is 182 cm³/mol. The Morgan fingerprint density at radius 1 is 0.614 bits per heavy atom. The van der Waals surface area contributed by atoms with Crippen molar-refractivity contribution >= 4 is 29.5 Å². The Morgan fingerprint density at radius 2 is 0.977 bits per heavy atom. The van der Waals surface area contributed by atoms with Crippen LogP contribution in [0, 0.1) is 29.6 Å². The van der Waals surface area contributed by atoms with Crippen molar-refractivity contribution in [1.82, 2.24) is 15.1 Å². The van der Waals surface area contributed by atoms with E-state index < -0.39 is 5.97 Å². The van der Waals surface area contributed by atoms with E-state index in [1.54, 1.807) is 44.8 Å². The van der Waals surface area contributed by atoms with Gasteiger partial charge in [-0.05, 0) is 52.9 Å². The number of nitrogens with one attached hydrogen (secondary N) is 1. The lowest BCUT2D eigenvalue weighted by Crippen LogP contribution is -2.34. The number of likely N-dealkylation sites (N-methyl/N-ethyl adjacent to an activating group) is 1. The molecule has 0 aromatic heterocycles. The van der Waals surface area contributed by atoms with Crippen LogP contribution < -0.4 is 5.32 Å². The Bertz CT molecular complexity index is 737. The smallest absolute Gasteiger partial charge is 0.306 e. The van der Waals surface area contributed by atoms with Gasteiger partial charge in [-0.1, -0.05) is 69.2 Å². The largest absolute Gasteiger partial charge is 0.481 e. The quantitative estimate of drug-likeness (QED) is 0.229. The molecule has 0 aromatic rings. The van der Waals surface area contributed by atoms with E-state index in [2.05, 4.69) is 5.32 Å². The highest BCUT2D eigenvalue weighted by Gasteiger charge is 2.14. The third-order valence-corrected chi connectivity index (χ3v) is 7.15. The van der Waals surface area contributed by atoms with Gasteiger partial charge < -0.3 is 25.3 Å². The number of carboxylic acid groups (broad SMARTS) is 1. The Hall–Kier alpha value is -2.49. The molecule has 264 valence electrons. The molecule has 10 heteroatoms. The van der Waals surface area contributed by atoms with Crippen molar-refractivity contribution in [3.63, 3.8) is 0 Å². The molecule has 0 rings (SSSR count).